The van der Waals surface area contributed by atoms with Gasteiger partial charge < -0.3 is 14.6 Å². The largest absolute Gasteiger partial charge is 0.574 e. The van der Waals surface area contributed by atoms with Gasteiger partial charge in [-0.2, -0.15) is 0 Å². The monoisotopic (exact) mass is 377 g/mol. The number of carbonyl (C=O) groups is 1. The third kappa shape index (κ3) is 4.20. The number of carboxylic acid groups (broad SMARTS) is 1. The summed E-state index contributed by atoms with van der Waals surface area (Å²) >= 11 is 1.66. The molecule has 1 N–H and O–H groups in total. The number of alkyl halides is 3. The number of pyridine rings is 1. The van der Waals surface area contributed by atoms with Gasteiger partial charge in [0, 0.05) is 5.56 Å². The fraction of sp³-hybridized carbons (Fsp3) is 0.333. The first kappa shape index (κ1) is 14.8. The molecule has 0 aliphatic heterocycles. The third-order valence-corrected chi connectivity index (χ3v) is 2.30. The fourth-order valence-corrected chi connectivity index (χ4v) is 1.81. The van der Waals surface area contributed by atoms with Gasteiger partial charge in [-0.05, 0) is 28.7 Å². The molecule has 0 aliphatic carbocycles. The van der Waals surface area contributed by atoms with Crippen molar-refractivity contribution in [3.8, 4) is 11.6 Å². The Hall–Kier alpha value is -1.26. The highest BCUT2D eigenvalue weighted by atomic mass is 127. The maximum Gasteiger partial charge on any atom is 0.574 e. The number of hydrogen-bond donors (Lipinski definition) is 1. The summed E-state index contributed by atoms with van der Waals surface area (Å²) in [4.78, 5) is 14.1. The van der Waals surface area contributed by atoms with Gasteiger partial charge in [0.15, 0.2) is 5.75 Å². The van der Waals surface area contributed by atoms with Crippen LogP contribution in [0.5, 0.6) is 11.6 Å². The molecule has 0 radical (unpaired) electrons. The van der Waals surface area contributed by atoms with Crippen LogP contribution in [-0.4, -0.2) is 29.5 Å². The van der Waals surface area contributed by atoms with Crippen LogP contribution in [0.1, 0.15) is 5.56 Å². The van der Waals surface area contributed by atoms with Crippen LogP contribution in [0.3, 0.4) is 0 Å². The molecule has 0 atom stereocenters. The molecule has 18 heavy (non-hydrogen) atoms. The van der Waals surface area contributed by atoms with Crippen LogP contribution in [0.15, 0.2) is 6.07 Å². The zero-order valence-corrected chi connectivity index (χ0v) is 11.1. The molecule has 0 amide bonds. The molecule has 1 aromatic heterocycles. The summed E-state index contributed by atoms with van der Waals surface area (Å²) in [5, 5.41) is 8.66. The molecule has 5 nitrogen and oxygen atoms in total. The van der Waals surface area contributed by atoms with E-state index in [2.05, 4.69) is 9.72 Å². The van der Waals surface area contributed by atoms with E-state index in [9.17, 15) is 18.0 Å². The third-order valence-electron chi connectivity index (χ3n) is 1.75. The molecule has 0 unspecified atom stereocenters. The maximum absolute atomic E-state index is 12.1. The number of aliphatic carboxylic acids is 1. The van der Waals surface area contributed by atoms with Crippen molar-refractivity contribution in [2.45, 2.75) is 12.8 Å². The second-order valence-electron chi connectivity index (χ2n) is 3.06. The van der Waals surface area contributed by atoms with Crippen molar-refractivity contribution in [3.63, 3.8) is 0 Å². The van der Waals surface area contributed by atoms with Crippen LogP contribution in [0.2, 0.25) is 0 Å². The molecule has 1 heterocycles. The second-order valence-corrected chi connectivity index (χ2v) is 4.17. The molecule has 0 bridgehead atoms. The number of aromatic nitrogens is 1. The van der Waals surface area contributed by atoms with E-state index in [0.29, 0.717) is 0 Å². The average Bonchev–Trinajstić information content (AvgIpc) is 2.13. The molecule has 1 aromatic rings. The van der Waals surface area contributed by atoms with E-state index in [-0.39, 0.29) is 15.0 Å². The number of carboxylic acids is 1. The first-order valence-electron chi connectivity index (χ1n) is 4.44. The minimum absolute atomic E-state index is 0.0589. The SMILES string of the molecule is COc1c(CC(=O)O)cc(I)nc1OC(F)(F)F. The first-order valence-corrected chi connectivity index (χ1v) is 5.51. The molecular formula is C9H7F3INO4. The molecule has 0 fully saturated rings. The van der Waals surface area contributed by atoms with E-state index < -0.39 is 24.6 Å². The van der Waals surface area contributed by atoms with Crippen molar-refractivity contribution >= 4 is 28.6 Å². The van der Waals surface area contributed by atoms with E-state index in [1.54, 1.807) is 22.6 Å². The van der Waals surface area contributed by atoms with Crippen LogP contribution in [-0.2, 0) is 11.2 Å². The summed E-state index contributed by atoms with van der Waals surface area (Å²) in [5.41, 5.74) is 0.0589. The van der Waals surface area contributed by atoms with Gasteiger partial charge in [0.1, 0.15) is 3.70 Å². The van der Waals surface area contributed by atoms with Crippen molar-refractivity contribution in [1.29, 1.82) is 0 Å². The second kappa shape index (κ2) is 5.59. The van der Waals surface area contributed by atoms with Crippen LogP contribution in [0.25, 0.3) is 0 Å². The average molecular weight is 377 g/mol. The van der Waals surface area contributed by atoms with Crippen molar-refractivity contribution in [1.82, 2.24) is 4.98 Å². The quantitative estimate of drug-likeness (QED) is 0.644. The van der Waals surface area contributed by atoms with Crippen molar-refractivity contribution in [2.24, 2.45) is 0 Å². The number of nitrogens with zero attached hydrogens (tertiary/aromatic N) is 1. The molecule has 0 saturated carbocycles. The van der Waals surface area contributed by atoms with Gasteiger partial charge >= 0.3 is 12.3 Å². The lowest BCUT2D eigenvalue weighted by Crippen LogP contribution is -2.19. The van der Waals surface area contributed by atoms with E-state index >= 15 is 0 Å². The predicted octanol–water partition coefficient (Wildman–Crippen LogP) is 2.22. The lowest BCUT2D eigenvalue weighted by atomic mass is 10.2. The minimum Gasteiger partial charge on any atom is -0.491 e. The van der Waals surface area contributed by atoms with Crippen molar-refractivity contribution < 1.29 is 32.5 Å². The number of methoxy groups -OCH3 is 1. The zero-order chi connectivity index (χ0) is 13.9. The molecule has 0 aliphatic rings. The Morgan fingerprint density at radius 2 is 2.17 bits per heavy atom. The molecule has 100 valence electrons. The fourth-order valence-electron chi connectivity index (χ4n) is 1.22. The number of rotatable bonds is 4. The van der Waals surface area contributed by atoms with E-state index in [0.717, 1.165) is 7.11 Å². The molecular weight excluding hydrogens is 370 g/mol. The summed E-state index contributed by atoms with van der Waals surface area (Å²) < 4.78 is 45.0. The molecule has 0 spiro atoms. The summed E-state index contributed by atoms with van der Waals surface area (Å²) in [6.07, 6.45) is -5.42. The summed E-state index contributed by atoms with van der Waals surface area (Å²) in [7, 11) is 1.11. The van der Waals surface area contributed by atoms with Crippen LogP contribution in [0, 0.1) is 3.70 Å². The van der Waals surface area contributed by atoms with Gasteiger partial charge in [-0.15, -0.1) is 13.2 Å². The number of halogens is 4. The highest BCUT2D eigenvalue weighted by Crippen LogP contribution is 2.34. The van der Waals surface area contributed by atoms with Crippen molar-refractivity contribution in [3.05, 3.63) is 15.3 Å². The van der Waals surface area contributed by atoms with Crippen LogP contribution >= 0.6 is 22.6 Å². The van der Waals surface area contributed by atoms with Gasteiger partial charge in [0.2, 0.25) is 0 Å². The van der Waals surface area contributed by atoms with E-state index in [1.807, 2.05) is 0 Å². The molecule has 0 aromatic carbocycles. The highest BCUT2D eigenvalue weighted by molar-refractivity contribution is 14.1. The van der Waals surface area contributed by atoms with Crippen molar-refractivity contribution in [2.75, 3.05) is 7.11 Å². The number of hydrogen-bond acceptors (Lipinski definition) is 4. The topological polar surface area (TPSA) is 68.7 Å². The maximum atomic E-state index is 12.1. The standard InChI is InChI=1S/C9H7F3INO4/c1-17-7-4(3-6(15)16)2-5(13)14-8(7)18-9(10,11)12/h2H,3H2,1H3,(H,15,16). The Bertz CT molecular complexity index is 464. The van der Waals surface area contributed by atoms with Crippen LogP contribution < -0.4 is 9.47 Å². The zero-order valence-electron chi connectivity index (χ0n) is 8.92. The molecule has 0 saturated heterocycles. The van der Waals surface area contributed by atoms with E-state index in [1.165, 1.54) is 6.07 Å². The molecule has 9 heteroatoms. The Morgan fingerprint density at radius 1 is 1.56 bits per heavy atom. The number of ether oxygens (including phenoxy) is 2. The minimum atomic E-state index is -4.93. The molecule has 1 rings (SSSR count). The lowest BCUT2D eigenvalue weighted by molar-refractivity contribution is -0.276. The van der Waals surface area contributed by atoms with Gasteiger partial charge in [-0.3, -0.25) is 4.79 Å². The highest BCUT2D eigenvalue weighted by Gasteiger charge is 2.34. The Kier molecular flexibility index (Phi) is 4.59. The summed E-state index contributed by atoms with van der Waals surface area (Å²) in [6.45, 7) is 0. The Morgan fingerprint density at radius 3 is 2.61 bits per heavy atom. The lowest BCUT2D eigenvalue weighted by Gasteiger charge is -2.14. The first-order chi connectivity index (χ1) is 8.23. The van der Waals surface area contributed by atoms with E-state index in [4.69, 9.17) is 9.84 Å². The summed E-state index contributed by atoms with van der Waals surface area (Å²) in [5.74, 6) is -2.34. The van der Waals surface area contributed by atoms with Gasteiger partial charge in [0.25, 0.3) is 5.88 Å². The van der Waals surface area contributed by atoms with Crippen LogP contribution in [0.4, 0.5) is 13.2 Å². The van der Waals surface area contributed by atoms with Gasteiger partial charge in [-0.1, -0.05) is 0 Å². The van der Waals surface area contributed by atoms with Gasteiger partial charge in [-0.25, -0.2) is 4.98 Å². The Balaban J connectivity index is 3.24. The summed E-state index contributed by atoms with van der Waals surface area (Å²) in [6, 6.07) is 1.32. The normalized spacial score (nSPS) is 11.2. The van der Waals surface area contributed by atoms with Gasteiger partial charge in [0.05, 0.1) is 13.5 Å². The smallest absolute Gasteiger partial charge is 0.491 e. The predicted molar refractivity (Wildman–Crippen MR) is 61.5 cm³/mol. The Labute approximate surface area is 113 Å².